The van der Waals surface area contributed by atoms with Gasteiger partial charge in [0.1, 0.15) is 0 Å². The number of carbonyl (C=O) groups excluding carboxylic acids is 1. The maximum atomic E-state index is 12.9. The van der Waals surface area contributed by atoms with E-state index in [9.17, 15) is 13.2 Å². The van der Waals surface area contributed by atoms with Gasteiger partial charge in [-0.2, -0.15) is 4.31 Å². The van der Waals surface area contributed by atoms with Crippen LogP contribution < -0.4 is 14.8 Å². The van der Waals surface area contributed by atoms with Crippen molar-refractivity contribution in [2.24, 2.45) is 5.92 Å². The first-order valence-electron chi connectivity index (χ1n) is 10.6. The lowest BCUT2D eigenvalue weighted by atomic mass is 10.0. The first kappa shape index (κ1) is 23.8. The third-order valence-electron chi connectivity index (χ3n) is 5.36. The molecule has 1 fully saturated rings. The lowest BCUT2D eigenvalue weighted by molar-refractivity contribution is -0.118. The minimum atomic E-state index is -3.53. The average molecular weight is 459 g/mol. The van der Waals surface area contributed by atoms with Crippen LogP contribution in [-0.4, -0.2) is 45.4 Å². The molecule has 172 valence electrons. The first-order valence-corrected chi connectivity index (χ1v) is 12.1. The van der Waals surface area contributed by atoms with Gasteiger partial charge in [-0.3, -0.25) is 4.79 Å². The van der Waals surface area contributed by atoms with Crippen LogP contribution in [0.4, 0.5) is 5.69 Å². The lowest BCUT2D eigenvalue weighted by Crippen LogP contribution is -2.39. The molecular formula is C24H30N2O5S. The Morgan fingerprint density at radius 2 is 1.97 bits per heavy atom. The van der Waals surface area contributed by atoms with Crippen molar-refractivity contribution in [3.8, 4) is 11.5 Å². The van der Waals surface area contributed by atoms with Gasteiger partial charge in [0.2, 0.25) is 10.0 Å². The Morgan fingerprint density at radius 1 is 1.22 bits per heavy atom. The molecule has 0 aliphatic carbocycles. The fraction of sp³-hybridized carbons (Fsp3) is 0.375. The highest BCUT2D eigenvalue weighted by molar-refractivity contribution is 7.89. The molecule has 3 rings (SSSR count). The van der Waals surface area contributed by atoms with E-state index < -0.39 is 10.0 Å². The van der Waals surface area contributed by atoms with Gasteiger partial charge in [-0.1, -0.05) is 19.1 Å². The van der Waals surface area contributed by atoms with Crippen LogP contribution in [0.5, 0.6) is 11.5 Å². The van der Waals surface area contributed by atoms with E-state index in [1.807, 2.05) is 12.1 Å². The fourth-order valence-corrected chi connectivity index (χ4v) is 5.29. The monoisotopic (exact) mass is 458 g/mol. The number of amides is 1. The van der Waals surface area contributed by atoms with Crippen molar-refractivity contribution < 1.29 is 22.7 Å². The molecule has 7 nitrogen and oxygen atoms in total. The van der Waals surface area contributed by atoms with E-state index in [1.54, 1.807) is 31.4 Å². The minimum absolute atomic E-state index is 0.205. The summed E-state index contributed by atoms with van der Waals surface area (Å²) >= 11 is 0. The molecule has 2 aromatic rings. The van der Waals surface area contributed by atoms with Crippen LogP contribution in [0, 0.1) is 5.92 Å². The van der Waals surface area contributed by atoms with Crippen molar-refractivity contribution in [1.82, 2.24) is 4.31 Å². The van der Waals surface area contributed by atoms with Crippen molar-refractivity contribution in [2.75, 3.05) is 32.1 Å². The number of methoxy groups -OCH3 is 1. The summed E-state index contributed by atoms with van der Waals surface area (Å²) in [5.41, 5.74) is 1.53. The van der Waals surface area contributed by atoms with Crippen LogP contribution in [0.15, 0.2) is 60.0 Å². The molecule has 32 heavy (non-hydrogen) atoms. The van der Waals surface area contributed by atoms with E-state index in [2.05, 4.69) is 18.8 Å². The molecule has 2 aromatic carbocycles. The standard InChI is InChI=1S/C24H30N2O5S/c1-4-6-19-8-13-22(23(15-19)30-3)31-17-24(27)25-20-9-11-21(12-10-20)32(28,29)26-14-5-7-18(2)16-26/h4,8-13,15,18H,1,5-7,14,16-17H2,2-3H3,(H,25,27). The van der Waals surface area contributed by atoms with Gasteiger partial charge in [-0.05, 0) is 67.1 Å². The Hall–Kier alpha value is -2.84. The normalized spacial score (nSPS) is 16.9. The number of ether oxygens (including phenoxy) is 2. The topological polar surface area (TPSA) is 84.9 Å². The quantitative estimate of drug-likeness (QED) is 0.577. The fourth-order valence-electron chi connectivity index (χ4n) is 3.69. The molecule has 1 amide bonds. The van der Waals surface area contributed by atoms with Crippen molar-refractivity contribution in [2.45, 2.75) is 31.1 Å². The van der Waals surface area contributed by atoms with Gasteiger partial charge in [-0.25, -0.2) is 8.42 Å². The van der Waals surface area contributed by atoms with E-state index in [0.29, 0.717) is 42.6 Å². The van der Waals surface area contributed by atoms with Crippen LogP contribution >= 0.6 is 0 Å². The smallest absolute Gasteiger partial charge is 0.262 e. The van der Waals surface area contributed by atoms with Crippen LogP contribution in [0.25, 0.3) is 0 Å². The van der Waals surface area contributed by atoms with Crippen LogP contribution in [0.2, 0.25) is 0 Å². The minimum Gasteiger partial charge on any atom is -0.493 e. The number of hydrogen-bond donors (Lipinski definition) is 1. The number of rotatable bonds is 9. The molecule has 0 radical (unpaired) electrons. The van der Waals surface area contributed by atoms with E-state index in [1.165, 1.54) is 16.4 Å². The molecule has 1 unspecified atom stereocenters. The summed E-state index contributed by atoms with van der Waals surface area (Å²) in [6.45, 7) is 6.66. The molecule has 1 aliphatic rings. The number of nitrogens with one attached hydrogen (secondary N) is 1. The molecule has 8 heteroatoms. The molecule has 0 bridgehead atoms. The van der Waals surface area contributed by atoms with Gasteiger partial charge in [0.25, 0.3) is 5.91 Å². The molecule has 1 saturated heterocycles. The lowest BCUT2D eigenvalue weighted by Gasteiger charge is -2.30. The number of benzene rings is 2. The van der Waals surface area contributed by atoms with Crippen molar-refractivity contribution in [3.05, 3.63) is 60.7 Å². The van der Waals surface area contributed by atoms with Crippen molar-refractivity contribution in [3.63, 3.8) is 0 Å². The zero-order chi connectivity index (χ0) is 23.1. The van der Waals surface area contributed by atoms with E-state index in [-0.39, 0.29) is 17.4 Å². The Labute approximate surface area is 190 Å². The van der Waals surface area contributed by atoms with Gasteiger partial charge in [0.15, 0.2) is 18.1 Å². The number of anilines is 1. The zero-order valence-corrected chi connectivity index (χ0v) is 19.4. The van der Waals surface area contributed by atoms with Gasteiger partial charge in [-0.15, -0.1) is 6.58 Å². The number of carbonyl (C=O) groups is 1. The summed E-state index contributed by atoms with van der Waals surface area (Å²) < 4.78 is 38.2. The molecular weight excluding hydrogens is 428 g/mol. The summed E-state index contributed by atoms with van der Waals surface area (Å²) in [7, 11) is -1.98. The Kier molecular flexibility index (Phi) is 7.93. The zero-order valence-electron chi connectivity index (χ0n) is 18.5. The molecule has 0 aromatic heterocycles. The molecule has 1 atom stereocenters. The SMILES string of the molecule is C=CCc1ccc(OCC(=O)Nc2ccc(S(=O)(=O)N3CCCC(C)C3)cc2)c(OC)c1. The Bertz CT molecular complexity index is 1050. The molecule has 0 saturated carbocycles. The number of hydrogen-bond acceptors (Lipinski definition) is 5. The second-order valence-corrected chi connectivity index (χ2v) is 9.89. The van der Waals surface area contributed by atoms with E-state index in [0.717, 1.165) is 18.4 Å². The summed E-state index contributed by atoms with van der Waals surface area (Å²) in [5, 5.41) is 2.72. The van der Waals surface area contributed by atoms with E-state index in [4.69, 9.17) is 9.47 Å². The first-order chi connectivity index (χ1) is 15.3. The highest BCUT2D eigenvalue weighted by Crippen LogP contribution is 2.28. The Balaban J connectivity index is 1.58. The molecule has 0 spiro atoms. The third kappa shape index (κ3) is 5.89. The van der Waals surface area contributed by atoms with Crippen LogP contribution in [-0.2, 0) is 21.2 Å². The van der Waals surface area contributed by atoms with E-state index >= 15 is 0 Å². The predicted octanol–water partition coefficient (Wildman–Crippen LogP) is 3.86. The van der Waals surface area contributed by atoms with Gasteiger partial charge in [0, 0.05) is 18.8 Å². The summed E-state index contributed by atoms with van der Waals surface area (Å²) in [5.74, 6) is 1.00. The second kappa shape index (κ2) is 10.7. The summed E-state index contributed by atoms with van der Waals surface area (Å²) in [4.78, 5) is 12.5. The number of sulfonamides is 1. The maximum absolute atomic E-state index is 12.9. The summed E-state index contributed by atoms with van der Waals surface area (Å²) in [6.07, 6.45) is 4.42. The molecule has 1 aliphatic heterocycles. The van der Waals surface area contributed by atoms with Crippen LogP contribution in [0.3, 0.4) is 0 Å². The van der Waals surface area contributed by atoms with Crippen LogP contribution in [0.1, 0.15) is 25.3 Å². The average Bonchev–Trinajstić information content (AvgIpc) is 2.78. The van der Waals surface area contributed by atoms with Gasteiger partial charge in [0.05, 0.1) is 12.0 Å². The maximum Gasteiger partial charge on any atom is 0.262 e. The van der Waals surface area contributed by atoms with Gasteiger partial charge >= 0.3 is 0 Å². The third-order valence-corrected chi connectivity index (χ3v) is 7.24. The van der Waals surface area contributed by atoms with Gasteiger partial charge < -0.3 is 14.8 Å². The second-order valence-electron chi connectivity index (χ2n) is 7.95. The molecule has 1 heterocycles. The van der Waals surface area contributed by atoms with Crippen molar-refractivity contribution in [1.29, 1.82) is 0 Å². The highest BCUT2D eigenvalue weighted by Gasteiger charge is 2.28. The number of piperidine rings is 1. The highest BCUT2D eigenvalue weighted by atomic mass is 32.2. The number of nitrogens with zero attached hydrogens (tertiary/aromatic N) is 1. The predicted molar refractivity (Wildman–Crippen MR) is 125 cm³/mol. The Morgan fingerprint density at radius 3 is 2.62 bits per heavy atom. The molecule has 1 N–H and O–H groups in total. The van der Waals surface area contributed by atoms with Crippen molar-refractivity contribution >= 4 is 21.6 Å². The summed E-state index contributed by atoms with van der Waals surface area (Å²) in [6, 6.07) is 11.7. The number of allylic oxidation sites excluding steroid dienone is 1. The largest absolute Gasteiger partial charge is 0.493 e.